The van der Waals surface area contributed by atoms with Crippen LogP contribution in [0.4, 0.5) is 17.6 Å². The van der Waals surface area contributed by atoms with Gasteiger partial charge in [-0.05, 0) is 0 Å². The molecule has 0 aliphatic carbocycles. The number of carbonyl (C=O) groups is 2. The van der Waals surface area contributed by atoms with E-state index in [1.165, 1.54) is 0 Å². The van der Waals surface area contributed by atoms with Crippen LogP contribution >= 0.6 is 0 Å². The Hall–Kier alpha value is -1.34. The van der Waals surface area contributed by atoms with E-state index in [-0.39, 0.29) is 0 Å². The largest absolute Gasteiger partial charge is 0.477 e. The molecule has 0 heterocycles. The van der Waals surface area contributed by atoms with Gasteiger partial charge in [0.15, 0.2) is 0 Å². The van der Waals surface area contributed by atoms with Crippen LogP contribution in [0.1, 0.15) is 0 Å². The molecule has 0 aromatic rings. The maximum absolute atomic E-state index is 10.6. The van der Waals surface area contributed by atoms with Crippen molar-refractivity contribution in [2.24, 2.45) is 0 Å². The number of halogens is 4. The fraction of sp³-hybridized carbons (Fsp3) is 0.500. The number of hydrogen-bond donors (Lipinski definition) is 2. The van der Waals surface area contributed by atoms with Crippen LogP contribution in [-0.2, 0) is 9.59 Å². The second-order valence-corrected chi connectivity index (χ2v) is 1.28. The smallest absolute Gasteiger partial charge is 0.371 e. The number of carboxylic acid groups (broad SMARTS) is 2. The summed E-state index contributed by atoms with van der Waals surface area (Å²) in [5, 5.41) is 14.5. The van der Waals surface area contributed by atoms with E-state index in [0.29, 0.717) is 0 Å². The minimum atomic E-state index is -3.23. The first kappa shape index (κ1) is 13.3. The SMILES string of the molecule is O=C(O)C(F)F.O=C(O)C(F)F. The Morgan fingerprint density at radius 3 is 0.917 bits per heavy atom. The van der Waals surface area contributed by atoms with Gasteiger partial charge in [-0.3, -0.25) is 0 Å². The zero-order valence-corrected chi connectivity index (χ0v) is 5.38. The molecule has 0 amide bonds. The molecule has 0 saturated heterocycles. The van der Waals surface area contributed by atoms with E-state index in [2.05, 4.69) is 0 Å². The molecule has 0 fully saturated rings. The van der Waals surface area contributed by atoms with Crippen LogP contribution in [-0.4, -0.2) is 35.0 Å². The average molecular weight is 192 g/mol. The van der Waals surface area contributed by atoms with Crippen LogP contribution in [0, 0.1) is 0 Å². The van der Waals surface area contributed by atoms with Gasteiger partial charge in [0, 0.05) is 0 Å². The number of carboxylic acids is 2. The van der Waals surface area contributed by atoms with Crippen molar-refractivity contribution >= 4 is 11.9 Å². The van der Waals surface area contributed by atoms with Gasteiger partial charge in [0.1, 0.15) is 0 Å². The summed E-state index contributed by atoms with van der Waals surface area (Å²) in [7, 11) is 0. The zero-order chi connectivity index (χ0) is 10.3. The highest BCUT2D eigenvalue weighted by Gasteiger charge is 2.10. The lowest BCUT2D eigenvalue weighted by atomic mass is 10.7. The molecule has 0 spiro atoms. The molecule has 0 aliphatic heterocycles. The van der Waals surface area contributed by atoms with Gasteiger partial charge >= 0.3 is 24.8 Å². The predicted molar refractivity (Wildman–Crippen MR) is 27.3 cm³/mol. The molecular weight excluding hydrogens is 188 g/mol. The summed E-state index contributed by atoms with van der Waals surface area (Å²) in [4.78, 5) is 17.9. The molecule has 0 rings (SSSR count). The normalized spacial score (nSPS) is 9.17. The minimum Gasteiger partial charge on any atom is -0.477 e. The van der Waals surface area contributed by atoms with E-state index in [9.17, 15) is 17.6 Å². The predicted octanol–water partition coefficient (Wildman–Crippen LogP) is 0.672. The maximum atomic E-state index is 10.6. The standard InChI is InChI=1S/2C2H2F2O2/c2*3-1(4)2(5)6/h2*1H,(H,5,6). The fourth-order valence-electron chi connectivity index (χ4n) is 0. The molecule has 0 saturated carbocycles. The Labute approximate surface area is 63.4 Å². The third kappa shape index (κ3) is 11.5. The van der Waals surface area contributed by atoms with Crippen LogP contribution in [0.5, 0.6) is 0 Å². The first-order chi connectivity index (χ1) is 5.29. The van der Waals surface area contributed by atoms with Crippen molar-refractivity contribution < 1.29 is 37.4 Å². The summed E-state index contributed by atoms with van der Waals surface area (Å²) in [6.07, 6.45) is -6.46. The van der Waals surface area contributed by atoms with E-state index in [4.69, 9.17) is 19.8 Å². The summed E-state index contributed by atoms with van der Waals surface area (Å²) in [6, 6.07) is 0. The van der Waals surface area contributed by atoms with Crippen LogP contribution < -0.4 is 0 Å². The first-order valence-electron chi connectivity index (χ1n) is 2.31. The molecule has 8 heteroatoms. The van der Waals surface area contributed by atoms with Gasteiger partial charge in [-0.25, -0.2) is 9.59 Å². The van der Waals surface area contributed by atoms with Crippen LogP contribution in [0.2, 0.25) is 0 Å². The van der Waals surface area contributed by atoms with Crippen molar-refractivity contribution in [3.63, 3.8) is 0 Å². The number of aliphatic carboxylic acids is 2. The highest BCUT2D eigenvalue weighted by molar-refractivity contribution is 5.70. The summed E-state index contributed by atoms with van der Waals surface area (Å²) in [5.41, 5.74) is 0. The lowest BCUT2D eigenvalue weighted by molar-refractivity contribution is -0.150. The molecule has 2 N–H and O–H groups in total. The number of alkyl halides is 4. The summed E-state index contributed by atoms with van der Waals surface area (Å²) in [6.45, 7) is 0. The molecule has 0 aromatic carbocycles. The quantitative estimate of drug-likeness (QED) is 0.630. The molecule has 0 atom stereocenters. The lowest BCUT2D eigenvalue weighted by Crippen LogP contribution is -2.06. The van der Waals surface area contributed by atoms with Gasteiger partial charge < -0.3 is 10.2 Å². The van der Waals surface area contributed by atoms with E-state index in [0.717, 1.165) is 0 Å². The van der Waals surface area contributed by atoms with Gasteiger partial charge in [0.05, 0.1) is 0 Å². The van der Waals surface area contributed by atoms with E-state index < -0.39 is 24.8 Å². The van der Waals surface area contributed by atoms with Crippen LogP contribution in [0.15, 0.2) is 0 Å². The van der Waals surface area contributed by atoms with Crippen LogP contribution in [0.25, 0.3) is 0 Å². The maximum Gasteiger partial charge on any atom is 0.371 e. The van der Waals surface area contributed by atoms with Crippen molar-refractivity contribution in [3.05, 3.63) is 0 Å². The Bertz CT molecular complexity index is 139. The van der Waals surface area contributed by atoms with Crippen molar-refractivity contribution in [1.82, 2.24) is 0 Å². The van der Waals surface area contributed by atoms with Gasteiger partial charge in [-0.15, -0.1) is 0 Å². The van der Waals surface area contributed by atoms with Crippen molar-refractivity contribution in [2.75, 3.05) is 0 Å². The van der Waals surface area contributed by atoms with Gasteiger partial charge in [-0.1, -0.05) is 0 Å². The molecule has 0 aliphatic rings. The highest BCUT2D eigenvalue weighted by Crippen LogP contribution is 1.88. The lowest BCUT2D eigenvalue weighted by Gasteiger charge is -1.81. The molecule has 12 heavy (non-hydrogen) atoms. The molecular formula is C4H4F4O4. The summed E-state index contributed by atoms with van der Waals surface area (Å²) < 4.78 is 42.2. The second-order valence-electron chi connectivity index (χ2n) is 1.28. The number of hydrogen-bond acceptors (Lipinski definition) is 2. The van der Waals surface area contributed by atoms with E-state index in [1.54, 1.807) is 0 Å². The van der Waals surface area contributed by atoms with E-state index in [1.807, 2.05) is 0 Å². The molecule has 0 aromatic heterocycles. The molecule has 72 valence electrons. The Morgan fingerprint density at radius 1 is 0.833 bits per heavy atom. The summed E-state index contributed by atoms with van der Waals surface area (Å²) in [5.74, 6) is -4.15. The van der Waals surface area contributed by atoms with Gasteiger partial charge in [-0.2, -0.15) is 17.6 Å². The highest BCUT2D eigenvalue weighted by atomic mass is 19.3. The first-order valence-corrected chi connectivity index (χ1v) is 2.31. The topological polar surface area (TPSA) is 74.6 Å². The summed E-state index contributed by atoms with van der Waals surface area (Å²) >= 11 is 0. The Balaban J connectivity index is 0. The number of rotatable bonds is 2. The Kier molecular flexibility index (Phi) is 7.05. The molecule has 0 bridgehead atoms. The van der Waals surface area contributed by atoms with Crippen molar-refractivity contribution in [1.29, 1.82) is 0 Å². The zero-order valence-electron chi connectivity index (χ0n) is 5.38. The monoisotopic (exact) mass is 192 g/mol. The van der Waals surface area contributed by atoms with Crippen molar-refractivity contribution in [3.8, 4) is 0 Å². The fourth-order valence-corrected chi connectivity index (χ4v) is 0. The average Bonchev–Trinajstić information content (AvgIpc) is 1.88. The van der Waals surface area contributed by atoms with E-state index >= 15 is 0 Å². The molecule has 4 nitrogen and oxygen atoms in total. The van der Waals surface area contributed by atoms with Gasteiger partial charge in [0.2, 0.25) is 0 Å². The van der Waals surface area contributed by atoms with Crippen molar-refractivity contribution in [2.45, 2.75) is 12.9 Å². The second kappa shape index (κ2) is 6.38. The molecule has 0 unspecified atom stereocenters. The Morgan fingerprint density at radius 2 is 0.917 bits per heavy atom. The minimum absolute atomic E-state index is 2.07. The molecule has 0 radical (unpaired) electrons. The third-order valence-corrected chi connectivity index (χ3v) is 0.373. The van der Waals surface area contributed by atoms with Gasteiger partial charge in [0.25, 0.3) is 0 Å². The third-order valence-electron chi connectivity index (χ3n) is 0.373. The van der Waals surface area contributed by atoms with Crippen LogP contribution in [0.3, 0.4) is 0 Å².